The highest BCUT2D eigenvalue weighted by Gasteiger charge is 2.24. The Bertz CT molecular complexity index is 915. The fourth-order valence-corrected chi connectivity index (χ4v) is 2.51. The predicted molar refractivity (Wildman–Crippen MR) is 92.8 cm³/mol. The van der Waals surface area contributed by atoms with Crippen molar-refractivity contribution in [3.05, 3.63) is 63.2 Å². The maximum atomic E-state index is 12.2. The van der Waals surface area contributed by atoms with Gasteiger partial charge in [-0.05, 0) is 19.1 Å². The summed E-state index contributed by atoms with van der Waals surface area (Å²) < 4.78 is 10.8. The van der Waals surface area contributed by atoms with E-state index in [4.69, 9.17) is 44.0 Å². The Morgan fingerprint density at radius 1 is 1.12 bits per heavy atom. The number of halogens is 3. The van der Waals surface area contributed by atoms with Gasteiger partial charge in [0.25, 0.3) is 5.89 Å². The Morgan fingerprint density at radius 2 is 1.84 bits per heavy atom. The van der Waals surface area contributed by atoms with E-state index in [1.165, 1.54) is 6.20 Å². The van der Waals surface area contributed by atoms with Crippen LogP contribution < -0.4 is 0 Å². The summed E-state index contributed by atoms with van der Waals surface area (Å²) in [4.78, 5) is 16.1. The molecule has 1 aromatic carbocycles. The molecule has 25 heavy (non-hydrogen) atoms. The van der Waals surface area contributed by atoms with E-state index in [1.54, 1.807) is 6.92 Å². The second-order valence-electron chi connectivity index (χ2n) is 4.94. The highest BCUT2D eigenvalue weighted by atomic mass is 35.5. The zero-order valence-electron chi connectivity index (χ0n) is 12.7. The maximum Gasteiger partial charge on any atom is 0.359 e. The van der Waals surface area contributed by atoms with Gasteiger partial charge in [-0.3, -0.25) is 0 Å². The van der Waals surface area contributed by atoms with Crippen LogP contribution in [0.25, 0.3) is 11.5 Å². The second kappa shape index (κ2) is 7.39. The van der Waals surface area contributed by atoms with E-state index in [0.29, 0.717) is 5.89 Å². The highest BCUT2D eigenvalue weighted by molar-refractivity contribution is 6.48. The van der Waals surface area contributed by atoms with Crippen LogP contribution in [0.2, 0.25) is 15.1 Å². The number of carbonyl (C=O) groups excluding carboxylic acids is 1. The molecule has 0 radical (unpaired) electrons. The fourth-order valence-electron chi connectivity index (χ4n) is 1.95. The van der Waals surface area contributed by atoms with E-state index in [1.807, 2.05) is 30.3 Å². The summed E-state index contributed by atoms with van der Waals surface area (Å²) in [5, 5.41) is 7.93. The minimum absolute atomic E-state index is 0.0297. The predicted octanol–water partition coefficient (Wildman–Crippen LogP) is 5.01. The number of esters is 1. The van der Waals surface area contributed by atoms with E-state index in [0.717, 1.165) is 5.56 Å². The van der Waals surface area contributed by atoms with Gasteiger partial charge >= 0.3 is 5.97 Å². The van der Waals surface area contributed by atoms with Gasteiger partial charge in [0.1, 0.15) is 0 Å². The molecular weight excluding hydrogens is 389 g/mol. The molecule has 0 amide bonds. The summed E-state index contributed by atoms with van der Waals surface area (Å²) in [6.07, 6.45) is 0.418. The number of pyridine rings is 1. The molecule has 2 heterocycles. The molecule has 0 aliphatic carbocycles. The third-order valence-corrected chi connectivity index (χ3v) is 4.44. The summed E-state index contributed by atoms with van der Waals surface area (Å²) in [5.74, 6) is -0.317. The Labute approximate surface area is 157 Å². The Kier molecular flexibility index (Phi) is 5.22. The second-order valence-corrected chi connectivity index (χ2v) is 6.10. The molecule has 3 aromatic rings. The third kappa shape index (κ3) is 3.76. The van der Waals surface area contributed by atoms with Crippen molar-refractivity contribution in [2.45, 2.75) is 13.0 Å². The van der Waals surface area contributed by atoms with Gasteiger partial charge in [-0.1, -0.05) is 53.0 Å². The largest absolute Gasteiger partial charge is 0.448 e. The third-order valence-electron chi connectivity index (χ3n) is 3.20. The first-order valence-electron chi connectivity index (χ1n) is 7.06. The fraction of sp³-hybridized carbons (Fsp3) is 0.125. The minimum atomic E-state index is -0.801. The molecule has 0 fully saturated rings. The molecule has 0 unspecified atom stereocenters. The topological polar surface area (TPSA) is 78.1 Å². The average molecular weight is 399 g/mol. The van der Waals surface area contributed by atoms with Crippen LogP contribution in [0.1, 0.15) is 29.4 Å². The van der Waals surface area contributed by atoms with Crippen LogP contribution in [-0.4, -0.2) is 21.2 Å². The lowest BCUT2D eigenvalue weighted by atomic mass is 10.2. The van der Waals surface area contributed by atoms with Gasteiger partial charge in [0.15, 0.2) is 11.8 Å². The SMILES string of the molecule is C[C@@H](OC(=O)c1ncc(Cl)c(Cl)c1Cl)c1nnc(-c2ccccc2)o1. The van der Waals surface area contributed by atoms with Crippen molar-refractivity contribution < 1.29 is 13.9 Å². The molecule has 0 aliphatic rings. The van der Waals surface area contributed by atoms with E-state index < -0.39 is 12.1 Å². The molecule has 0 spiro atoms. The molecule has 3 rings (SSSR count). The minimum Gasteiger partial charge on any atom is -0.448 e. The highest BCUT2D eigenvalue weighted by Crippen LogP contribution is 2.32. The van der Waals surface area contributed by atoms with Crippen molar-refractivity contribution in [2.24, 2.45) is 0 Å². The van der Waals surface area contributed by atoms with Crippen molar-refractivity contribution in [3.63, 3.8) is 0 Å². The van der Waals surface area contributed by atoms with E-state index >= 15 is 0 Å². The summed E-state index contributed by atoms with van der Waals surface area (Å²) in [6, 6.07) is 9.22. The molecule has 0 N–H and O–H groups in total. The number of nitrogens with zero attached hydrogens (tertiary/aromatic N) is 3. The van der Waals surface area contributed by atoms with Crippen LogP contribution in [0.5, 0.6) is 0 Å². The number of carbonyl (C=O) groups is 1. The zero-order valence-corrected chi connectivity index (χ0v) is 15.0. The molecule has 0 bridgehead atoms. The summed E-state index contributed by atoms with van der Waals surface area (Å²) >= 11 is 17.7. The van der Waals surface area contributed by atoms with Crippen LogP contribution in [0.4, 0.5) is 0 Å². The quantitative estimate of drug-likeness (QED) is 0.575. The van der Waals surface area contributed by atoms with Crippen molar-refractivity contribution in [3.8, 4) is 11.5 Å². The van der Waals surface area contributed by atoms with Crippen molar-refractivity contribution >= 4 is 40.8 Å². The molecule has 0 aliphatic heterocycles. The molecule has 128 valence electrons. The van der Waals surface area contributed by atoms with Crippen LogP contribution in [0, 0.1) is 0 Å². The van der Waals surface area contributed by atoms with Gasteiger partial charge in [-0.2, -0.15) is 0 Å². The molecule has 0 saturated carbocycles. The standard InChI is InChI=1S/C16H10Cl3N3O3/c1-8(14-21-22-15(25-14)9-5-3-2-4-6-9)24-16(23)13-12(19)11(18)10(17)7-20-13/h2-8H,1H3/t8-/m1/s1. The molecule has 9 heteroatoms. The first kappa shape index (κ1) is 17.7. The van der Waals surface area contributed by atoms with Crippen LogP contribution in [0.15, 0.2) is 40.9 Å². The Hall–Kier alpha value is -2.15. The Morgan fingerprint density at radius 3 is 2.56 bits per heavy atom. The number of rotatable bonds is 4. The first-order chi connectivity index (χ1) is 12.0. The van der Waals surface area contributed by atoms with Gasteiger partial charge in [0.2, 0.25) is 5.89 Å². The zero-order chi connectivity index (χ0) is 18.0. The number of benzene rings is 1. The lowest BCUT2D eigenvalue weighted by Crippen LogP contribution is -2.12. The summed E-state index contributed by atoms with van der Waals surface area (Å²) in [5.41, 5.74) is 0.611. The number of aromatic nitrogens is 3. The van der Waals surface area contributed by atoms with Crippen LogP contribution in [0.3, 0.4) is 0 Å². The molecule has 6 nitrogen and oxygen atoms in total. The molecular formula is C16H10Cl3N3O3. The number of ether oxygens (including phenoxy) is 1. The number of hydrogen-bond donors (Lipinski definition) is 0. The van der Waals surface area contributed by atoms with E-state index in [9.17, 15) is 4.79 Å². The van der Waals surface area contributed by atoms with Crippen LogP contribution in [-0.2, 0) is 4.74 Å². The van der Waals surface area contributed by atoms with Gasteiger partial charge in [-0.25, -0.2) is 9.78 Å². The van der Waals surface area contributed by atoms with Crippen molar-refractivity contribution in [1.29, 1.82) is 0 Å². The van der Waals surface area contributed by atoms with E-state index in [2.05, 4.69) is 15.2 Å². The van der Waals surface area contributed by atoms with Gasteiger partial charge in [0.05, 0.1) is 15.1 Å². The Balaban J connectivity index is 1.77. The lowest BCUT2D eigenvalue weighted by Gasteiger charge is -2.10. The molecule has 0 saturated heterocycles. The van der Waals surface area contributed by atoms with Crippen molar-refractivity contribution in [2.75, 3.05) is 0 Å². The van der Waals surface area contributed by atoms with Gasteiger partial charge in [-0.15, -0.1) is 10.2 Å². The summed E-state index contributed by atoms with van der Waals surface area (Å²) in [7, 11) is 0. The van der Waals surface area contributed by atoms with Gasteiger partial charge in [0, 0.05) is 11.8 Å². The average Bonchev–Trinajstić information content (AvgIpc) is 3.10. The first-order valence-corrected chi connectivity index (χ1v) is 8.20. The molecule has 1 atom stereocenters. The van der Waals surface area contributed by atoms with Crippen LogP contribution >= 0.6 is 34.8 Å². The summed E-state index contributed by atoms with van der Waals surface area (Å²) in [6.45, 7) is 1.59. The smallest absolute Gasteiger partial charge is 0.359 e. The van der Waals surface area contributed by atoms with Gasteiger partial charge < -0.3 is 9.15 Å². The lowest BCUT2D eigenvalue weighted by molar-refractivity contribution is 0.0273. The monoisotopic (exact) mass is 397 g/mol. The molecule has 2 aromatic heterocycles. The van der Waals surface area contributed by atoms with E-state index in [-0.39, 0.29) is 26.7 Å². The van der Waals surface area contributed by atoms with Crippen molar-refractivity contribution in [1.82, 2.24) is 15.2 Å². The maximum absolute atomic E-state index is 12.2. The normalized spacial score (nSPS) is 12.0. The number of hydrogen-bond acceptors (Lipinski definition) is 6.